The van der Waals surface area contributed by atoms with Crippen molar-refractivity contribution in [1.29, 1.82) is 0 Å². The van der Waals surface area contributed by atoms with Crippen LogP contribution in [0, 0.1) is 0 Å². The maximum absolute atomic E-state index is 5.27. The first kappa shape index (κ1) is 28.7. The summed E-state index contributed by atoms with van der Waals surface area (Å²) >= 11 is 0. The van der Waals surface area contributed by atoms with Crippen molar-refractivity contribution in [1.82, 2.24) is 24.1 Å². The Kier molecular flexibility index (Phi) is 6.18. The molecule has 5 nitrogen and oxygen atoms in total. The van der Waals surface area contributed by atoms with Crippen LogP contribution in [-0.2, 0) is 0 Å². The van der Waals surface area contributed by atoms with Crippen molar-refractivity contribution >= 4 is 32.7 Å². The fourth-order valence-corrected chi connectivity index (χ4v) is 8.20. The van der Waals surface area contributed by atoms with Gasteiger partial charge in [-0.15, -0.1) is 0 Å². The fourth-order valence-electron chi connectivity index (χ4n) is 8.20. The van der Waals surface area contributed by atoms with Crippen LogP contribution in [0.5, 0.6) is 0 Å². The first-order valence-electron chi connectivity index (χ1n) is 17.6. The number of rotatable bonds is 5. The van der Waals surface area contributed by atoms with Gasteiger partial charge in [0.05, 0.1) is 22.2 Å². The second-order valence-corrected chi connectivity index (χ2v) is 13.2. The molecule has 0 saturated heterocycles. The van der Waals surface area contributed by atoms with E-state index in [0.29, 0.717) is 17.6 Å². The minimum absolute atomic E-state index is 0.577. The molecular weight excluding hydrogens is 635 g/mol. The van der Waals surface area contributed by atoms with Crippen molar-refractivity contribution in [2.75, 3.05) is 0 Å². The number of para-hydroxylation sites is 1. The Morgan fingerprint density at radius 3 is 1.33 bits per heavy atom. The largest absolute Gasteiger partial charge is 0.309 e. The van der Waals surface area contributed by atoms with Gasteiger partial charge < -0.3 is 4.57 Å². The molecule has 3 heterocycles. The maximum atomic E-state index is 5.27. The van der Waals surface area contributed by atoms with Crippen molar-refractivity contribution in [3.63, 3.8) is 0 Å². The highest BCUT2D eigenvalue weighted by atomic mass is 15.2. The first-order valence-corrected chi connectivity index (χ1v) is 17.6. The van der Waals surface area contributed by atoms with Crippen molar-refractivity contribution in [3.8, 4) is 67.9 Å². The van der Waals surface area contributed by atoms with E-state index in [9.17, 15) is 0 Å². The molecule has 52 heavy (non-hydrogen) atoms. The van der Waals surface area contributed by atoms with Crippen LogP contribution in [0.1, 0.15) is 0 Å². The molecule has 0 bridgehead atoms. The van der Waals surface area contributed by atoms with E-state index < -0.39 is 0 Å². The molecular formula is C47H29N5. The summed E-state index contributed by atoms with van der Waals surface area (Å²) in [6.45, 7) is 0. The van der Waals surface area contributed by atoms with E-state index in [2.05, 4.69) is 149 Å². The standard InChI is InChI=1S/C47H29N5/c1-5-16-30(17-6-1)44-43-36-26-15-28-38-42(36)40-34(24-13-27-37(40)51(38)33-22-11-4-12-23-33)35-25-14-29-39(41(35)43)52(44)47-49-45(31-18-7-2-8-19-31)48-46(50-47)32-20-9-3-10-21-32/h1-29H. The molecule has 1 aliphatic carbocycles. The average molecular weight is 664 g/mol. The van der Waals surface area contributed by atoms with Crippen LogP contribution in [-0.4, -0.2) is 24.1 Å². The van der Waals surface area contributed by atoms with E-state index >= 15 is 0 Å². The molecule has 0 aliphatic heterocycles. The van der Waals surface area contributed by atoms with Crippen LogP contribution >= 0.6 is 0 Å². The van der Waals surface area contributed by atoms with Crippen LogP contribution in [0.2, 0.25) is 0 Å². The number of fused-ring (bicyclic) bond motifs is 2. The Bertz CT molecular complexity index is 2920. The van der Waals surface area contributed by atoms with Gasteiger partial charge in [-0.1, -0.05) is 146 Å². The van der Waals surface area contributed by atoms with Gasteiger partial charge in [-0.05, 0) is 52.6 Å². The van der Waals surface area contributed by atoms with Crippen molar-refractivity contribution in [3.05, 3.63) is 176 Å². The molecule has 0 N–H and O–H groups in total. The zero-order chi connectivity index (χ0) is 34.2. The second-order valence-electron chi connectivity index (χ2n) is 13.2. The van der Waals surface area contributed by atoms with Gasteiger partial charge in [-0.25, -0.2) is 4.98 Å². The summed E-state index contributed by atoms with van der Waals surface area (Å²) < 4.78 is 4.68. The number of hydrogen-bond donors (Lipinski definition) is 0. The highest BCUT2D eigenvalue weighted by molar-refractivity contribution is 6.29. The molecule has 7 aromatic carbocycles. The van der Waals surface area contributed by atoms with Crippen molar-refractivity contribution in [2.45, 2.75) is 0 Å². The zero-order valence-electron chi connectivity index (χ0n) is 28.0. The van der Waals surface area contributed by atoms with Crippen molar-refractivity contribution < 1.29 is 0 Å². The molecule has 0 saturated carbocycles. The third-order valence-electron chi connectivity index (χ3n) is 10.3. The monoisotopic (exact) mass is 663 g/mol. The van der Waals surface area contributed by atoms with E-state index in [4.69, 9.17) is 15.0 Å². The van der Waals surface area contributed by atoms with Gasteiger partial charge in [0.25, 0.3) is 0 Å². The van der Waals surface area contributed by atoms with Crippen LogP contribution in [0.3, 0.4) is 0 Å². The molecule has 0 unspecified atom stereocenters. The summed E-state index contributed by atoms with van der Waals surface area (Å²) in [5.74, 6) is 1.83. The summed E-state index contributed by atoms with van der Waals surface area (Å²) in [5.41, 5.74) is 13.3. The minimum Gasteiger partial charge on any atom is -0.309 e. The number of hydrogen-bond acceptors (Lipinski definition) is 3. The lowest BCUT2D eigenvalue weighted by molar-refractivity contribution is 0.938. The quantitative estimate of drug-likeness (QED) is 0.184. The summed E-state index contributed by atoms with van der Waals surface area (Å²) in [6, 6.07) is 61.9. The smallest absolute Gasteiger partial charge is 0.238 e. The number of nitrogens with zero attached hydrogens (tertiary/aromatic N) is 5. The molecule has 0 spiro atoms. The molecule has 1 aliphatic rings. The Morgan fingerprint density at radius 2 is 0.769 bits per heavy atom. The van der Waals surface area contributed by atoms with Gasteiger partial charge in [-0.2, -0.15) is 9.97 Å². The van der Waals surface area contributed by atoms with Crippen molar-refractivity contribution in [2.24, 2.45) is 0 Å². The molecule has 11 rings (SSSR count). The summed E-state index contributed by atoms with van der Waals surface area (Å²) in [6.07, 6.45) is 0. The Balaban J connectivity index is 1.32. The molecule has 242 valence electrons. The van der Waals surface area contributed by atoms with E-state index in [1.165, 1.54) is 49.4 Å². The van der Waals surface area contributed by atoms with Crippen LogP contribution < -0.4 is 0 Å². The topological polar surface area (TPSA) is 48.5 Å². The number of aromatic nitrogens is 5. The lowest BCUT2D eigenvalue weighted by Gasteiger charge is -2.14. The molecule has 0 amide bonds. The first-order chi connectivity index (χ1) is 25.8. The molecule has 10 aromatic rings. The second kappa shape index (κ2) is 11.2. The van der Waals surface area contributed by atoms with E-state index in [0.717, 1.165) is 33.6 Å². The fraction of sp³-hybridized carbons (Fsp3) is 0. The predicted octanol–water partition coefficient (Wildman–Crippen LogP) is 11.6. The van der Waals surface area contributed by atoms with Crippen LogP contribution in [0.25, 0.3) is 101 Å². The average Bonchev–Trinajstić information content (AvgIpc) is 3.72. The lowest BCUT2D eigenvalue weighted by Crippen LogP contribution is -2.08. The predicted molar refractivity (Wildman–Crippen MR) is 212 cm³/mol. The van der Waals surface area contributed by atoms with Gasteiger partial charge in [0.2, 0.25) is 5.95 Å². The molecule has 0 atom stereocenters. The van der Waals surface area contributed by atoms with E-state index in [1.54, 1.807) is 0 Å². The van der Waals surface area contributed by atoms with Gasteiger partial charge in [-0.3, -0.25) is 4.57 Å². The minimum atomic E-state index is 0.577. The van der Waals surface area contributed by atoms with E-state index in [1.807, 2.05) is 36.4 Å². The SMILES string of the molecule is c1ccc(-c2nc(-c3ccccc3)nc(-n3c(-c4ccccc4)c4c5c(cccc53)-c3cccc5c3c3c-4cccc3n5-c3ccccc3)n2)cc1. The Labute approximate surface area is 299 Å². The third-order valence-corrected chi connectivity index (χ3v) is 10.3. The zero-order valence-corrected chi connectivity index (χ0v) is 28.0. The normalized spacial score (nSPS) is 11.8. The summed E-state index contributed by atoms with van der Waals surface area (Å²) in [7, 11) is 0. The highest BCUT2D eigenvalue weighted by Crippen LogP contribution is 2.53. The Morgan fingerprint density at radius 1 is 0.327 bits per heavy atom. The van der Waals surface area contributed by atoms with Gasteiger partial charge in [0.15, 0.2) is 11.6 Å². The summed E-state index contributed by atoms with van der Waals surface area (Å²) in [5, 5.41) is 3.70. The summed E-state index contributed by atoms with van der Waals surface area (Å²) in [4.78, 5) is 15.6. The Hall–Kier alpha value is -7.11. The molecule has 5 heteroatoms. The highest BCUT2D eigenvalue weighted by Gasteiger charge is 2.31. The van der Waals surface area contributed by atoms with Gasteiger partial charge >= 0.3 is 0 Å². The third kappa shape index (κ3) is 4.14. The number of benzene rings is 7. The lowest BCUT2D eigenvalue weighted by atomic mass is 9.95. The maximum Gasteiger partial charge on any atom is 0.238 e. The molecule has 0 radical (unpaired) electrons. The van der Waals surface area contributed by atoms with E-state index in [-0.39, 0.29) is 0 Å². The van der Waals surface area contributed by atoms with Crippen LogP contribution in [0.15, 0.2) is 176 Å². The van der Waals surface area contributed by atoms with Gasteiger partial charge in [0.1, 0.15) is 0 Å². The molecule has 0 fully saturated rings. The van der Waals surface area contributed by atoms with Gasteiger partial charge in [0, 0.05) is 38.5 Å². The van der Waals surface area contributed by atoms with Crippen LogP contribution in [0.4, 0.5) is 0 Å². The molecule has 3 aromatic heterocycles.